The molecule has 0 bridgehead atoms. The highest BCUT2D eigenvalue weighted by Gasteiger charge is 2.08. The molecule has 0 rings (SSSR count). The summed E-state index contributed by atoms with van der Waals surface area (Å²) in [7, 11) is -4.43. The van der Waals surface area contributed by atoms with Gasteiger partial charge < -0.3 is 9.47 Å². The smallest absolute Gasteiger partial charge is 0.304 e. The lowest BCUT2D eigenvalue weighted by molar-refractivity contribution is 0.0278. The van der Waals surface area contributed by atoms with Crippen molar-refractivity contribution in [3.05, 3.63) is 12.8 Å². The average molecular weight is 212 g/mol. The Hall–Kier alpha value is -0.620. The third-order valence-electron chi connectivity index (χ3n) is 1.18. The quantitative estimate of drug-likeness (QED) is 0.464. The number of halogens is 1. The van der Waals surface area contributed by atoms with Crippen LogP contribution in [0, 0.1) is 0 Å². The predicted octanol–water partition coefficient (Wildman–Crippen LogP) is 0.851. The first-order valence-electron chi connectivity index (χ1n) is 3.72. The van der Waals surface area contributed by atoms with Gasteiger partial charge in [-0.05, 0) is 6.92 Å². The molecule has 1 atom stereocenters. The van der Waals surface area contributed by atoms with Crippen molar-refractivity contribution in [2.75, 3.05) is 19.0 Å². The summed E-state index contributed by atoms with van der Waals surface area (Å²) < 4.78 is 41.7. The van der Waals surface area contributed by atoms with Gasteiger partial charge in [0.2, 0.25) is 0 Å². The van der Waals surface area contributed by atoms with Crippen LogP contribution in [0.5, 0.6) is 0 Å². The van der Waals surface area contributed by atoms with Gasteiger partial charge in [0.05, 0.1) is 19.0 Å². The molecule has 13 heavy (non-hydrogen) atoms. The zero-order valence-electron chi connectivity index (χ0n) is 7.40. The van der Waals surface area contributed by atoms with Crippen LogP contribution in [0.2, 0.25) is 0 Å². The van der Waals surface area contributed by atoms with Crippen molar-refractivity contribution in [1.29, 1.82) is 0 Å². The van der Waals surface area contributed by atoms with Gasteiger partial charge in [-0.2, -0.15) is 8.42 Å². The largest absolute Gasteiger partial charge is 0.499 e. The molecular weight excluding hydrogens is 199 g/mol. The minimum Gasteiger partial charge on any atom is -0.499 e. The summed E-state index contributed by atoms with van der Waals surface area (Å²) in [5, 5.41) is 0. The van der Waals surface area contributed by atoms with Crippen LogP contribution in [0.4, 0.5) is 3.89 Å². The van der Waals surface area contributed by atoms with Crippen molar-refractivity contribution >= 4 is 10.2 Å². The molecule has 1 unspecified atom stereocenters. The lowest BCUT2D eigenvalue weighted by Gasteiger charge is -2.10. The fraction of sp³-hybridized carbons (Fsp3) is 0.714. The zero-order chi connectivity index (χ0) is 10.3. The predicted molar refractivity (Wildman–Crippen MR) is 46.5 cm³/mol. The van der Waals surface area contributed by atoms with Gasteiger partial charge in [0.25, 0.3) is 0 Å². The SMILES string of the molecule is C=COCC(C)OCCS(=O)(=O)F. The van der Waals surface area contributed by atoms with E-state index in [-0.39, 0.29) is 19.3 Å². The molecule has 0 fully saturated rings. The average Bonchev–Trinajstić information content (AvgIpc) is 1.98. The van der Waals surface area contributed by atoms with Crippen molar-refractivity contribution in [2.45, 2.75) is 13.0 Å². The first-order chi connectivity index (χ1) is 5.95. The molecule has 0 aliphatic carbocycles. The van der Waals surface area contributed by atoms with Crippen LogP contribution < -0.4 is 0 Å². The molecule has 0 aliphatic rings. The van der Waals surface area contributed by atoms with E-state index in [0.29, 0.717) is 0 Å². The van der Waals surface area contributed by atoms with E-state index in [9.17, 15) is 12.3 Å². The number of hydrogen-bond acceptors (Lipinski definition) is 4. The summed E-state index contributed by atoms with van der Waals surface area (Å²) in [6.07, 6.45) is 0.978. The fourth-order valence-electron chi connectivity index (χ4n) is 0.600. The maximum absolute atomic E-state index is 11.9. The second kappa shape index (κ2) is 5.93. The van der Waals surface area contributed by atoms with Crippen molar-refractivity contribution in [3.8, 4) is 0 Å². The van der Waals surface area contributed by atoms with Gasteiger partial charge in [0.1, 0.15) is 12.4 Å². The number of ether oxygens (including phenoxy) is 2. The Morgan fingerprint density at radius 2 is 2.23 bits per heavy atom. The molecule has 78 valence electrons. The van der Waals surface area contributed by atoms with E-state index >= 15 is 0 Å². The van der Waals surface area contributed by atoms with Gasteiger partial charge in [0.15, 0.2) is 0 Å². The summed E-state index contributed by atoms with van der Waals surface area (Å²) in [6.45, 7) is 5.11. The molecule has 0 aromatic rings. The van der Waals surface area contributed by atoms with Crippen molar-refractivity contribution < 1.29 is 21.8 Å². The molecule has 0 N–H and O–H groups in total. The highest BCUT2D eigenvalue weighted by Crippen LogP contribution is 1.95. The zero-order valence-corrected chi connectivity index (χ0v) is 8.22. The van der Waals surface area contributed by atoms with Gasteiger partial charge in [0, 0.05) is 0 Å². The molecule has 4 nitrogen and oxygen atoms in total. The molecule has 0 spiro atoms. The van der Waals surface area contributed by atoms with Crippen LogP contribution >= 0.6 is 0 Å². The van der Waals surface area contributed by atoms with Crippen LogP contribution in [0.1, 0.15) is 6.92 Å². The van der Waals surface area contributed by atoms with Crippen molar-refractivity contribution in [3.63, 3.8) is 0 Å². The van der Waals surface area contributed by atoms with Gasteiger partial charge >= 0.3 is 10.2 Å². The molecule has 0 heterocycles. The molecule has 0 aromatic heterocycles. The first kappa shape index (κ1) is 12.4. The van der Waals surface area contributed by atoms with Crippen LogP contribution in [0.15, 0.2) is 12.8 Å². The Balaban J connectivity index is 3.47. The molecule has 0 radical (unpaired) electrons. The van der Waals surface area contributed by atoms with Crippen molar-refractivity contribution in [2.24, 2.45) is 0 Å². The third kappa shape index (κ3) is 9.29. The van der Waals surface area contributed by atoms with Crippen LogP contribution in [0.25, 0.3) is 0 Å². The van der Waals surface area contributed by atoms with Crippen molar-refractivity contribution in [1.82, 2.24) is 0 Å². The van der Waals surface area contributed by atoms with E-state index < -0.39 is 16.0 Å². The van der Waals surface area contributed by atoms with E-state index in [1.54, 1.807) is 6.92 Å². The maximum atomic E-state index is 11.9. The molecule has 0 amide bonds. The highest BCUT2D eigenvalue weighted by molar-refractivity contribution is 7.86. The fourth-order valence-corrected chi connectivity index (χ4v) is 0.896. The van der Waals surface area contributed by atoms with E-state index in [1.807, 2.05) is 0 Å². The first-order valence-corrected chi connectivity index (χ1v) is 5.27. The molecule has 0 aliphatic heterocycles. The Morgan fingerprint density at radius 3 is 2.69 bits per heavy atom. The Labute approximate surface area is 77.6 Å². The molecular formula is C7H13FO4S. The molecule has 0 saturated heterocycles. The Bertz CT molecular complexity index is 237. The van der Waals surface area contributed by atoms with Gasteiger partial charge in [-0.3, -0.25) is 0 Å². The highest BCUT2D eigenvalue weighted by atomic mass is 32.3. The molecule has 0 saturated carbocycles. The van der Waals surface area contributed by atoms with E-state index in [2.05, 4.69) is 6.58 Å². The van der Waals surface area contributed by atoms with E-state index in [4.69, 9.17) is 9.47 Å². The molecule has 6 heteroatoms. The summed E-state index contributed by atoms with van der Waals surface area (Å²) in [5.41, 5.74) is 0. The van der Waals surface area contributed by atoms with Gasteiger partial charge in [-0.25, -0.2) is 0 Å². The minimum atomic E-state index is -4.43. The number of hydrogen-bond donors (Lipinski definition) is 0. The van der Waals surface area contributed by atoms with Gasteiger partial charge in [-0.1, -0.05) is 6.58 Å². The lowest BCUT2D eigenvalue weighted by atomic mass is 10.4. The minimum absolute atomic E-state index is 0.166. The summed E-state index contributed by atoms with van der Waals surface area (Å²) >= 11 is 0. The summed E-state index contributed by atoms with van der Waals surface area (Å²) in [5.74, 6) is -0.620. The van der Waals surface area contributed by atoms with Crippen LogP contribution in [0.3, 0.4) is 0 Å². The topological polar surface area (TPSA) is 52.6 Å². The van der Waals surface area contributed by atoms with E-state index in [1.165, 1.54) is 6.26 Å². The second-order valence-corrected chi connectivity index (χ2v) is 3.91. The summed E-state index contributed by atoms with van der Waals surface area (Å²) in [4.78, 5) is 0. The van der Waals surface area contributed by atoms with Crippen LogP contribution in [-0.2, 0) is 19.7 Å². The second-order valence-electron chi connectivity index (χ2n) is 2.42. The number of rotatable bonds is 7. The lowest BCUT2D eigenvalue weighted by Crippen LogP contribution is -2.18. The normalized spacial score (nSPS) is 13.7. The van der Waals surface area contributed by atoms with E-state index in [0.717, 1.165) is 0 Å². The Morgan fingerprint density at radius 1 is 1.62 bits per heavy atom. The molecule has 0 aromatic carbocycles. The monoisotopic (exact) mass is 212 g/mol. The summed E-state index contributed by atoms with van der Waals surface area (Å²) in [6, 6.07) is 0. The maximum Gasteiger partial charge on any atom is 0.304 e. The third-order valence-corrected chi connectivity index (χ3v) is 1.83. The van der Waals surface area contributed by atoms with Gasteiger partial charge in [-0.15, -0.1) is 3.89 Å². The standard InChI is InChI=1S/C7H13FO4S/c1-3-11-6-7(2)12-4-5-13(8,9)10/h3,7H,1,4-6H2,2H3. The van der Waals surface area contributed by atoms with Crippen LogP contribution in [-0.4, -0.2) is 33.5 Å². The Kier molecular flexibility index (Phi) is 5.65.